The molecule has 0 aromatic carbocycles. The van der Waals surface area contributed by atoms with Crippen LogP contribution in [-0.2, 0) is 25.6 Å². The van der Waals surface area contributed by atoms with Gasteiger partial charge in [0.25, 0.3) is 10.1 Å². The van der Waals surface area contributed by atoms with Crippen LogP contribution in [0.1, 0.15) is 67.5 Å². The van der Waals surface area contributed by atoms with Crippen molar-refractivity contribution in [2.24, 2.45) is 0 Å². The maximum absolute atomic E-state index is 12.9. The molecule has 0 unspecified atom stereocenters. The summed E-state index contributed by atoms with van der Waals surface area (Å²) in [5.41, 5.74) is -0.119. The molecule has 3 rings (SSSR count). The van der Waals surface area contributed by atoms with Gasteiger partial charge in [0, 0.05) is 31.3 Å². The number of ether oxygens (including phenoxy) is 2. The van der Waals surface area contributed by atoms with E-state index in [1.54, 1.807) is 15.5 Å². The second-order valence-corrected chi connectivity index (χ2v) is 12.9. The molecule has 0 N–H and O–H groups in total. The highest BCUT2D eigenvalue weighted by molar-refractivity contribution is 7.85. The molecular formula is C24H39N5O6S. The van der Waals surface area contributed by atoms with Crippen molar-refractivity contribution < 1.29 is 26.9 Å². The maximum atomic E-state index is 12.9. The third-order valence-corrected chi connectivity index (χ3v) is 6.05. The highest BCUT2D eigenvalue weighted by Crippen LogP contribution is 2.30. The second kappa shape index (κ2) is 10.0. The number of hydrogen-bond donors (Lipinski definition) is 0. The minimum atomic E-state index is -3.62. The number of carbonyl (C=O) groups excluding carboxylic acids is 1. The average molecular weight is 526 g/mol. The molecule has 202 valence electrons. The molecule has 36 heavy (non-hydrogen) atoms. The van der Waals surface area contributed by atoms with Gasteiger partial charge in [-0.15, -0.1) is 0 Å². The number of anilines is 1. The third-order valence-electron chi connectivity index (χ3n) is 5.50. The Morgan fingerprint density at radius 3 is 2.33 bits per heavy atom. The minimum absolute atomic E-state index is 0.0617. The molecule has 12 heteroatoms. The van der Waals surface area contributed by atoms with Crippen molar-refractivity contribution in [1.82, 2.24) is 19.5 Å². The van der Waals surface area contributed by atoms with Crippen LogP contribution in [0.5, 0.6) is 5.88 Å². The molecule has 11 nitrogen and oxygen atoms in total. The normalized spacial score (nSPS) is 19.6. The molecule has 2 atom stereocenters. The molecule has 0 radical (unpaired) electrons. The van der Waals surface area contributed by atoms with Crippen molar-refractivity contribution in [3.8, 4) is 5.88 Å². The Morgan fingerprint density at radius 1 is 1.11 bits per heavy atom. The molecule has 0 spiro atoms. The summed E-state index contributed by atoms with van der Waals surface area (Å²) in [6.45, 7) is 16.3. The molecule has 1 aliphatic heterocycles. The minimum Gasteiger partial charge on any atom is -0.472 e. The molecule has 3 heterocycles. The van der Waals surface area contributed by atoms with E-state index in [2.05, 4.69) is 15.0 Å². The molecule has 1 fully saturated rings. The largest absolute Gasteiger partial charge is 0.472 e. The van der Waals surface area contributed by atoms with Gasteiger partial charge in [-0.2, -0.15) is 23.0 Å². The van der Waals surface area contributed by atoms with Gasteiger partial charge in [0.05, 0.1) is 18.0 Å². The molecule has 0 bridgehead atoms. The molecule has 1 amide bonds. The van der Waals surface area contributed by atoms with Gasteiger partial charge in [0.2, 0.25) is 5.88 Å². The first-order valence-corrected chi connectivity index (χ1v) is 14.0. The summed E-state index contributed by atoms with van der Waals surface area (Å²) >= 11 is 0. The van der Waals surface area contributed by atoms with Crippen LogP contribution in [0.4, 0.5) is 10.6 Å². The molecule has 2 aromatic heterocycles. The van der Waals surface area contributed by atoms with E-state index in [0.29, 0.717) is 30.3 Å². The van der Waals surface area contributed by atoms with Gasteiger partial charge in [-0.25, -0.2) is 4.79 Å². The van der Waals surface area contributed by atoms with Crippen LogP contribution < -0.4 is 9.64 Å². The Morgan fingerprint density at radius 2 is 1.78 bits per heavy atom. The van der Waals surface area contributed by atoms with Crippen LogP contribution in [0, 0.1) is 0 Å². The predicted octanol–water partition coefficient (Wildman–Crippen LogP) is 3.61. The highest BCUT2D eigenvalue weighted by atomic mass is 32.2. The summed E-state index contributed by atoms with van der Waals surface area (Å²) in [5.74, 6) is 1.16. The zero-order valence-corrected chi connectivity index (χ0v) is 23.5. The number of nitrogens with zero attached hydrogens (tertiary/aromatic N) is 5. The van der Waals surface area contributed by atoms with Crippen LogP contribution in [0.25, 0.3) is 5.65 Å². The van der Waals surface area contributed by atoms with Gasteiger partial charge in [-0.3, -0.25) is 4.18 Å². The Hall–Kier alpha value is -2.60. The van der Waals surface area contributed by atoms with E-state index < -0.39 is 21.3 Å². The van der Waals surface area contributed by atoms with E-state index in [1.807, 2.05) is 61.5 Å². The fourth-order valence-electron chi connectivity index (χ4n) is 4.04. The zero-order chi connectivity index (χ0) is 27.1. The van der Waals surface area contributed by atoms with Crippen LogP contribution in [0.3, 0.4) is 0 Å². The number of fused-ring (bicyclic) bond motifs is 1. The van der Waals surface area contributed by atoms with Gasteiger partial charge in [0.15, 0.2) is 5.65 Å². The van der Waals surface area contributed by atoms with Gasteiger partial charge < -0.3 is 19.3 Å². The van der Waals surface area contributed by atoms with Gasteiger partial charge in [-0.05, 0) is 54.9 Å². The first-order chi connectivity index (χ1) is 16.5. The predicted molar refractivity (Wildman–Crippen MR) is 137 cm³/mol. The first kappa shape index (κ1) is 28.0. The van der Waals surface area contributed by atoms with Gasteiger partial charge in [0.1, 0.15) is 23.6 Å². The Bertz CT molecular complexity index is 1200. The summed E-state index contributed by atoms with van der Waals surface area (Å²) < 4.78 is 41.3. The summed E-state index contributed by atoms with van der Waals surface area (Å²) in [6, 6.07) is 3.38. The van der Waals surface area contributed by atoms with Crippen molar-refractivity contribution in [3.05, 3.63) is 17.8 Å². The number of rotatable bonds is 6. The maximum Gasteiger partial charge on any atom is 0.410 e. The number of amides is 1. The van der Waals surface area contributed by atoms with Gasteiger partial charge >= 0.3 is 6.09 Å². The molecule has 0 saturated carbocycles. The fourth-order valence-corrected chi connectivity index (χ4v) is 4.38. The van der Waals surface area contributed by atoms with Crippen molar-refractivity contribution in [2.45, 2.75) is 91.7 Å². The summed E-state index contributed by atoms with van der Waals surface area (Å²) in [4.78, 5) is 21.5. The second-order valence-electron chi connectivity index (χ2n) is 11.2. The summed E-state index contributed by atoms with van der Waals surface area (Å²) in [7, 11) is -3.62. The Kier molecular flexibility index (Phi) is 7.81. The quantitative estimate of drug-likeness (QED) is 0.522. The first-order valence-electron chi connectivity index (χ1n) is 12.1. The SMILES string of the molecule is CC[C@@H]1CN(c2cc(OC(C)(C)C)nc3cc(COS(C)(=O)=O)nn23)[C@@H](C)CN1C(=O)OC(C)(C)C. The molecule has 1 aliphatic rings. The van der Waals surface area contributed by atoms with Crippen LogP contribution in [0.15, 0.2) is 12.1 Å². The van der Waals surface area contributed by atoms with E-state index >= 15 is 0 Å². The van der Waals surface area contributed by atoms with Crippen molar-refractivity contribution in [1.29, 1.82) is 0 Å². The molecule has 0 aliphatic carbocycles. The van der Waals surface area contributed by atoms with Crippen LogP contribution in [0.2, 0.25) is 0 Å². The lowest BCUT2D eigenvalue weighted by Gasteiger charge is -2.46. The van der Waals surface area contributed by atoms with Gasteiger partial charge in [-0.1, -0.05) is 6.92 Å². The monoisotopic (exact) mass is 525 g/mol. The topological polar surface area (TPSA) is 116 Å². The Labute approximate surface area is 213 Å². The summed E-state index contributed by atoms with van der Waals surface area (Å²) in [5, 5.41) is 4.58. The Balaban J connectivity index is 2.00. The van der Waals surface area contributed by atoms with Crippen molar-refractivity contribution in [2.75, 3.05) is 24.2 Å². The molecule has 2 aromatic rings. The number of carbonyl (C=O) groups is 1. The van der Waals surface area contributed by atoms with E-state index in [-0.39, 0.29) is 24.8 Å². The molecular weight excluding hydrogens is 486 g/mol. The van der Waals surface area contributed by atoms with Crippen molar-refractivity contribution >= 4 is 27.7 Å². The zero-order valence-electron chi connectivity index (χ0n) is 22.7. The van der Waals surface area contributed by atoms with Crippen LogP contribution in [-0.4, -0.2) is 76.6 Å². The summed E-state index contributed by atoms with van der Waals surface area (Å²) in [6.07, 6.45) is 1.42. The standard InChI is InChI=1S/C24H39N5O6S/c1-10-18-14-27(16(2)13-28(18)22(30)35-24(6,7)8)21-12-20(34-23(3,4)5)25-19-11-17(26-29(19)21)15-33-36(9,31)32/h11-12,16,18H,10,13-15H2,1-9H3/t16-,18+/m0/s1. The molecule has 1 saturated heterocycles. The smallest absolute Gasteiger partial charge is 0.410 e. The van der Waals surface area contributed by atoms with Crippen molar-refractivity contribution in [3.63, 3.8) is 0 Å². The van der Waals surface area contributed by atoms with E-state index in [1.165, 1.54) is 0 Å². The lowest BCUT2D eigenvalue weighted by atomic mass is 10.1. The highest BCUT2D eigenvalue weighted by Gasteiger charge is 2.37. The number of hydrogen-bond acceptors (Lipinski definition) is 9. The number of piperazine rings is 1. The van der Waals surface area contributed by atoms with E-state index in [0.717, 1.165) is 18.5 Å². The van der Waals surface area contributed by atoms with E-state index in [4.69, 9.17) is 13.7 Å². The van der Waals surface area contributed by atoms with E-state index in [9.17, 15) is 13.2 Å². The van der Waals surface area contributed by atoms with Crippen LogP contribution >= 0.6 is 0 Å². The number of aromatic nitrogens is 3. The fraction of sp³-hybridized carbons (Fsp3) is 0.708. The lowest BCUT2D eigenvalue weighted by Crippen LogP contribution is -2.60. The lowest BCUT2D eigenvalue weighted by molar-refractivity contribution is 0.0105. The average Bonchev–Trinajstić information content (AvgIpc) is 3.11. The third kappa shape index (κ3) is 7.22.